The molecule has 0 atom stereocenters. The van der Waals surface area contributed by atoms with Crippen molar-refractivity contribution in [3.63, 3.8) is 0 Å². The average molecular weight is 462 g/mol. The number of nitrogens with zero attached hydrogens (tertiary/aromatic N) is 5. The van der Waals surface area contributed by atoms with E-state index in [0.717, 1.165) is 61.7 Å². The molecule has 0 saturated carbocycles. The molecular weight excluding hydrogens is 434 g/mol. The molecule has 0 unspecified atom stereocenters. The molecule has 170 valence electrons. The second-order valence-corrected chi connectivity index (χ2v) is 9.20. The van der Waals surface area contributed by atoms with Crippen molar-refractivity contribution in [2.45, 2.75) is 19.3 Å². The Hall–Kier alpha value is -3.23. The summed E-state index contributed by atoms with van der Waals surface area (Å²) in [6.45, 7) is 4.34. The van der Waals surface area contributed by atoms with E-state index in [2.05, 4.69) is 31.7 Å². The molecule has 33 heavy (non-hydrogen) atoms. The highest BCUT2D eigenvalue weighted by Gasteiger charge is 2.21. The van der Waals surface area contributed by atoms with Crippen LogP contribution in [0, 0.1) is 0 Å². The predicted molar refractivity (Wildman–Crippen MR) is 128 cm³/mol. The van der Waals surface area contributed by atoms with Gasteiger partial charge in [-0.1, -0.05) is 23.4 Å². The SMILES string of the molecule is O=C(Cc1ccc(-n2cccc2)cc1)N1CCN(CCCc2nc(-c3cccs3)no2)CC1. The van der Waals surface area contributed by atoms with Crippen molar-refractivity contribution >= 4 is 17.2 Å². The molecule has 1 aliphatic heterocycles. The minimum absolute atomic E-state index is 0.204. The summed E-state index contributed by atoms with van der Waals surface area (Å²) in [7, 11) is 0. The molecule has 0 aliphatic carbocycles. The molecule has 1 aromatic carbocycles. The Labute approximate surface area is 197 Å². The van der Waals surface area contributed by atoms with Crippen molar-refractivity contribution in [1.29, 1.82) is 0 Å². The van der Waals surface area contributed by atoms with Gasteiger partial charge in [0, 0.05) is 50.7 Å². The van der Waals surface area contributed by atoms with E-state index in [1.165, 1.54) is 0 Å². The zero-order chi connectivity index (χ0) is 22.5. The lowest BCUT2D eigenvalue weighted by Crippen LogP contribution is -2.49. The molecule has 0 radical (unpaired) electrons. The smallest absolute Gasteiger partial charge is 0.227 e. The summed E-state index contributed by atoms with van der Waals surface area (Å²) in [5, 5.41) is 6.08. The standard InChI is InChI=1S/C25H27N5O2S/c31-24(19-20-7-9-21(10-8-20)29-12-1-2-13-29)30-16-14-28(15-17-30)11-3-6-23-26-25(27-32-23)22-5-4-18-33-22/h1-2,4-5,7-10,12-13,18H,3,6,11,14-17,19H2. The predicted octanol–water partition coefficient (Wildman–Crippen LogP) is 3.91. The third-order valence-corrected chi connectivity index (χ3v) is 6.86. The Balaban J connectivity index is 1.03. The Morgan fingerprint density at radius 2 is 1.79 bits per heavy atom. The van der Waals surface area contributed by atoms with Crippen LogP contribution in [-0.4, -0.2) is 63.1 Å². The fourth-order valence-electron chi connectivity index (χ4n) is 4.12. The number of hydrogen-bond donors (Lipinski definition) is 0. The first-order valence-electron chi connectivity index (χ1n) is 11.3. The highest BCUT2D eigenvalue weighted by molar-refractivity contribution is 7.13. The normalized spacial score (nSPS) is 14.6. The van der Waals surface area contributed by atoms with Crippen molar-refractivity contribution in [1.82, 2.24) is 24.5 Å². The number of thiophene rings is 1. The molecule has 8 heteroatoms. The second kappa shape index (κ2) is 10.1. The van der Waals surface area contributed by atoms with Gasteiger partial charge < -0.3 is 14.0 Å². The molecule has 0 bridgehead atoms. The first-order chi connectivity index (χ1) is 16.2. The quantitative estimate of drug-likeness (QED) is 0.398. The van der Waals surface area contributed by atoms with Crippen molar-refractivity contribution in [2.24, 2.45) is 0 Å². The average Bonchev–Trinajstić information content (AvgIpc) is 3.63. The molecule has 3 aromatic heterocycles. The van der Waals surface area contributed by atoms with E-state index >= 15 is 0 Å². The van der Waals surface area contributed by atoms with Crippen LogP contribution in [0.15, 0.2) is 70.8 Å². The van der Waals surface area contributed by atoms with Gasteiger partial charge in [-0.05, 0) is 54.2 Å². The van der Waals surface area contributed by atoms with E-state index < -0.39 is 0 Å². The molecule has 4 heterocycles. The summed E-state index contributed by atoms with van der Waals surface area (Å²) < 4.78 is 7.45. The lowest BCUT2D eigenvalue weighted by Gasteiger charge is -2.34. The molecule has 1 saturated heterocycles. The zero-order valence-corrected chi connectivity index (χ0v) is 19.3. The number of carbonyl (C=O) groups is 1. The maximum atomic E-state index is 12.8. The van der Waals surface area contributed by atoms with Gasteiger partial charge in [-0.15, -0.1) is 11.3 Å². The Morgan fingerprint density at radius 3 is 2.52 bits per heavy atom. The van der Waals surface area contributed by atoms with E-state index in [1.807, 2.05) is 59.1 Å². The lowest BCUT2D eigenvalue weighted by atomic mass is 10.1. The summed E-state index contributed by atoms with van der Waals surface area (Å²) in [5.41, 5.74) is 2.16. The van der Waals surface area contributed by atoms with Crippen LogP contribution in [0.3, 0.4) is 0 Å². The molecule has 4 aromatic rings. The minimum atomic E-state index is 0.204. The highest BCUT2D eigenvalue weighted by atomic mass is 32.1. The van der Waals surface area contributed by atoms with E-state index in [4.69, 9.17) is 4.52 Å². The third kappa shape index (κ3) is 5.40. The van der Waals surface area contributed by atoms with Crippen LogP contribution >= 0.6 is 11.3 Å². The van der Waals surface area contributed by atoms with Crippen LogP contribution < -0.4 is 0 Å². The van der Waals surface area contributed by atoms with Crippen LogP contribution in [0.4, 0.5) is 0 Å². The van der Waals surface area contributed by atoms with Gasteiger partial charge in [0.1, 0.15) is 0 Å². The highest BCUT2D eigenvalue weighted by Crippen LogP contribution is 2.21. The number of hydrogen-bond acceptors (Lipinski definition) is 6. The number of benzene rings is 1. The van der Waals surface area contributed by atoms with Gasteiger partial charge in [-0.3, -0.25) is 9.69 Å². The van der Waals surface area contributed by atoms with Gasteiger partial charge in [-0.2, -0.15) is 4.98 Å². The number of piperazine rings is 1. The number of amides is 1. The molecule has 0 N–H and O–H groups in total. The van der Waals surface area contributed by atoms with Crippen LogP contribution in [-0.2, 0) is 17.6 Å². The van der Waals surface area contributed by atoms with Crippen LogP contribution in [0.2, 0.25) is 0 Å². The van der Waals surface area contributed by atoms with E-state index in [1.54, 1.807) is 11.3 Å². The fourth-order valence-corrected chi connectivity index (χ4v) is 4.77. The van der Waals surface area contributed by atoms with E-state index in [9.17, 15) is 4.79 Å². The molecule has 1 amide bonds. The molecule has 7 nitrogen and oxygen atoms in total. The fraction of sp³-hybridized carbons (Fsp3) is 0.320. The Kier molecular flexibility index (Phi) is 6.64. The van der Waals surface area contributed by atoms with Gasteiger partial charge in [0.05, 0.1) is 11.3 Å². The maximum Gasteiger partial charge on any atom is 0.227 e. The van der Waals surface area contributed by atoms with Gasteiger partial charge in [-0.25, -0.2) is 0 Å². The Morgan fingerprint density at radius 1 is 1.00 bits per heavy atom. The monoisotopic (exact) mass is 461 g/mol. The summed E-state index contributed by atoms with van der Waals surface area (Å²) in [6, 6.07) is 16.2. The number of carbonyl (C=O) groups excluding carboxylic acids is 1. The zero-order valence-electron chi connectivity index (χ0n) is 18.5. The minimum Gasteiger partial charge on any atom is -0.340 e. The summed E-state index contributed by atoms with van der Waals surface area (Å²) in [6.07, 6.45) is 6.23. The van der Waals surface area contributed by atoms with Gasteiger partial charge in [0.2, 0.25) is 17.6 Å². The summed E-state index contributed by atoms with van der Waals surface area (Å²) >= 11 is 1.61. The van der Waals surface area contributed by atoms with Crippen molar-refractivity contribution in [3.05, 3.63) is 77.8 Å². The van der Waals surface area contributed by atoms with Crippen molar-refractivity contribution in [2.75, 3.05) is 32.7 Å². The van der Waals surface area contributed by atoms with Crippen molar-refractivity contribution < 1.29 is 9.32 Å². The topological polar surface area (TPSA) is 67.4 Å². The Bertz CT molecular complexity index is 1140. The molecule has 0 spiro atoms. The van der Waals surface area contributed by atoms with Gasteiger partial charge >= 0.3 is 0 Å². The molecule has 5 rings (SSSR count). The summed E-state index contributed by atoms with van der Waals surface area (Å²) in [4.78, 5) is 22.7. The largest absolute Gasteiger partial charge is 0.340 e. The first-order valence-corrected chi connectivity index (χ1v) is 12.2. The number of aryl methyl sites for hydroxylation is 1. The number of rotatable bonds is 8. The molecule has 1 fully saturated rings. The van der Waals surface area contributed by atoms with Gasteiger partial charge in [0.15, 0.2) is 0 Å². The number of aromatic nitrogens is 3. The van der Waals surface area contributed by atoms with E-state index in [-0.39, 0.29) is 5.91 Å². The third-order valence-electron chi connectivity index (χ3n) is 5.99. The molecule has 1 aliphatic rings. The van der Waals surface area contributed by atoms with Crippen LogP contribution in [0.1, 0.15) is 17.9 Å². The maximum absolute atomic E-state index is 12.8. The molecular formula is C25H27N5O2S. The van der Waals surface area contributed by atoms with Crippen LogP contribution in [0.5, 0.6) is 0 Å². The lowest BCUT2D eigenvalue weighted by molar-refractivity contribution is -0.132. The van der Waals surface area contributed by atoms with Crippen LogP contribution in [0.25, 0.3) is 16.4 Å². The first kappa shape index (κ1) is 21.6. The van der Waals surface area contributed by atoms with Gasteiger partial charge in [0.25, 0.3) is 0 Å². The summed E-state index contributed by atoms with van der Waals surface area (Å²) in [5.74, 6) is 1.57. The van der Waals surface area contributed by atoms with Crippen molar-refractivity contribution in [3.8, 4) is 16.4 Å². The second-order valence-electron chi connectivity index (χ2n) is 8.25. The van der Waals surface area contributed by atoms with E-state index in [0.29, 0.717) is 18.1 Å².